The maximum absolute atomic E-state index is 13.8. The lowest BCUT2D eigenvalue weighted by Gasteiger charge is -2.13. The molecule has 0 fully saturated rings. The Kier molecular flexibility index (Phi) is 4.95. The van der Waals surface area contributed by atoms with Gasteiger partial charge in [0.1, 0.15) is 29.8 Å². The quantitative estimate of drug-likeness (QED) is 0.561. The molecule has 0 saturated carbocycles. The molecule has 0 aromatic heterocycles. The molecule has 26 heavy (non-hydrogen) atoms. The number of nitrogens with zero attached hydrogens (tertiary/aromatic N) is 1. The van der Waals surface area contributed by atoms with Crippen molar-refractivity contribution in [3.05, 3.63) is 83.2 Å². The normalized spacial score (nSPS) is 11.2. The number of hydrogen-bond acceptors (Lipinski definition) is 3. The van der Waals surface area contributed by atoms with Crippen molar-refractivity contribution in [1.29, 1.82) is 5.26 Å². The lowest BCUT2D eigenvalue weighted by molar-refractivity contribution is -0.114. The first-order valence-corrected chi connectivity index (χ1v) is 7.89. The first kappa shape index (κ1) is 17.2. The molecular weight excluding hydrogens is 331 g/mol. The third kappa shape index (κ3) is 3.55. The number of carbonyl (C=O) groups is 1. The number of fused-ring (bicyclic) bond motifs is 1. The molecule has 128 valence electrons. The van der Waals surface area contributed by atoms with E-state index in [0.29, 0.717) is 16.9 Å². The third-order valence-electron chi connectivity index (χ3n) is 3.95. The van der Waals surface area contributed by atoms with Crippen LogP contribution >= 0.6 is 0 Å². The van der Waals surface area contributed by atoms with Gasteiger partial charge in [0.15, 0.2) is 0 Å². The van der Waals surface area contributed by atoms with Crippen LogP contribution in [-0.2, 0) is 11.4 Å². The molecule has 0 spiro atoms. The van der Waals surface area contributed by atoms with Gasteiger partial charge in [-0.15, -0.1) is 0 Å². The molecule has 0 heterocycles. The van der Waals surface area contributed by atoms with E-state index in [1.165, 1.54) is 12.1 Å². The molecule has 1 amide bonds. The van der Waals surface area contributed by atoms with E-state index in [2.05, 4.69) is 0 Å². The summed E-state index contributed by atoms with van der Waals surface area (Å²) in [6.45, 7) is 0.0182. The minimum absolute atomic E-state index is 0.0182. The number of rotatable bonds is 5. The minimum atomic E-state index is -0.819. The Morgan fingerprint density at radius 2 is 1.85 bits per heavy atom. The molecule has 0 saturated heterocycles. The highest BCUT2D eigenvalue weighted by molar-refractivity contribution is 6.04. The summed E-state index contributed by atoms with van der Waals surface area (Å²) < 4.78 is 19.6. The summed E-state index contributed by atoms with van der Waals surface area (Å²) in [7, 11) is 0. The van der Waals surface area contributed by atoms with E-state index in [4.69, 9.17) is 15.7 Å². The molecule has 0 aliphatic carbocycles. The average Bonchev–Trinajstić information content (AvgIpc) is 2.65. The van der Waals surface area contributed by atoms with E-state index < -0.39 is 5.91 Å². The lowest BCUT2D eigenvalue weighted by Crippen LogP contribution is -2.12. The summed E-state index contributed by atoms with van der Waals surface area (Å²) in [5.41, 5.74) is 6.03. The van der Waals surface area contributed by atoms with E-state index >= 15 is 0 Å². The maximum atomic E-state index is 13.8. The van der Waals surface area contributed by atoms with Crippen molar-refractivity contribution < 1.29 is 13.9 Å². The van der Waals surface area contributed by atoms with Crippen LogP contribution in [0.4, 0.5) is 4.39 Å². The zero-order chi connectivity index (χ0) is 18.5. The molecule has 0 bridgehead atoms. The van der Waals surface area contributed by atoms with Gasteiger partial charge in [0.05, 0.1) is 0 Å². The third-order valence-corrected chi connectivity index (χ3v) is 3.95. The molecule has 5 heteroatoms. The van der Waals surface area contributed by atoms with Crippen molar-refractivity contribution in [2.45, 2.75) is 6.61 Å². The first-order chi connectivity index (χ1) is 12.6. The van der Waals surface area contributed by atoms with Crippen LogP contribution in [0.2, 0.25) is 0 Å². The fraction of sp³-hybridized carbons (Fsp3) is 0.0476. The zero-order valence-electron chi connectivity index (χ0n) is 13.8. The molecule has 0 radical (unpaired) electrons. The summed E-state index contributed by atoms with van der Waals surface area (Å²) in [6.07, 6.45) is 1.40. The number of halogens is 1. The highest BCUT2D eigenvalue weighted by atomic mass is 19.1. The van der Waals surface area contributed by atoms with Gasteiger partial charge < -0.3 is 10.5 Å². The van der Waals surface area contributed by atoms with Crippen molar-refractivity contribution in [2.24, 2.45) is 5.73 Å². The fourth-order valence-electron chi connectivity index (χ4n) is 2.62. The number of amides is 1. The largest absolute Gasteiger partial charge is 0.488 e. The number of hydrogen-bond donors (Lipinski definition) is 1. The summed E-state index contributed by atoms with van der Waals surface area (Å²) in [4.78, 5) is 11.4. The second-order valence-corrected chi connectivity index (χ2v) is 5.61. The smallest absolute Gasteiger partial charge is 0.259 e. The van der Waals surface area contributed by atoms with Gasteiger partial charge in [-0.05, 0) is 29.0 Å². The van der Waals surface area contributed by atoms with Crippen LogP contribution in [0.3, 0.4) is 0 Å². The molecule has 0 aliphatic rings. The van der Waals surface area contributed by atoms with Crippen LogP contribution in [0.1, 0.15) is 11.1 Å². The highest BCUT2D eigenvalue weighted by Crippen LogP contribution is 2.31. The summed E-state index contributed by atoms with van der Waals surface area (Å²) in [6, 6.07) is 19.2. The van der Waals surface area contributed by atoms with Gasteiger partial charge in [0.25, 0.3) is 5.91 Å². The molecule has 0 atom stereocenters. The summed E-state index contributed by atoms with van der Waals surface area (Å²) in [5, 5.41) is 10.9. The Balaban J connectivity index is 2.07. The number of benzene rings is 3. The minimum Gasteiger partial charge on any atom is -0.488 e. The average molecular weight is 346 g/mol. The Bertz CT molecular complexity index is 1050. The number of nitrogens with two attached hydrogens (primary N) is 1. The maximum Gasteiger partial charge on any atom is 0.259 e. The van der Waals surface area contributed by atoms with Crippen LogP contribution in [0.25, 0.3) is 16.8 Å². The molecule has 0 unspecified atom stereocenters. The van der Waals surface area contributed by atoms with Crippen molar-refractivity contribution >= 4 is 22.8 Å². The molecule has 3 aromatic rings. The van der Waals surface area contributed by atoms with Gasteiger partial charge in [-0.2, -0.15) is 5.26 Å². The number of primary amides is 1. The Morgan fingerprint density at radius 3 is 2.58 bits per heavy atom. The monoisotopic (exact) mass is 346 g/mol. The van der Waals surface area contributed by atoms with Crippen molar-refractivity contribution in [1.82, 2.24) is 0 Å². The Labute approximate surface area is 149 Å². The van der Waals surface area contributed by atoms with E-state index in [1.54, 1.807) is 30.3 Å². The number of ether oxygens (including phenoxy) is 1. The van der Waals surface area contributed by atoms with Crippen LogP contribution in [0, 0.1) is 17.1 Å². The number of nitriles is 1. The fourth-order valence-corrected chi connectivity index (χ4v) is 2.62. The second kappa shape index (κ2) is 7.49. The predicted molar refractivity (Wildman–Crippen MR) is 97.5 cm³/mol. The molecule has 3 aromatic carbocycles. The van der Waals surface area contributed by atoms with Gasteiger partial charge in [-0.1, -0.05) is 48.5 Å². The van der Waals surface area contributed by atoms with Crippen LogP contribution < -0.4 is 10.5 Å². The van der Waals surface area contributed by atoms with E-state index in [-0.39, 0.29) is 18.0 Å². The Hall–Kier alpha value is -3.65. The molecule has 4 nitrogen and oxygen atoms in total. The molecule has 2 N–H and O–H groups in total. The predicted octanol–water partition coefficient (Wildman–Crippen LogP) is 3.95. The SMILES string of the molecule is N#C/C(=C\c1c(OCc2ccccc2F)ccc2ccccc12)C(N)=O. The highest BCUT2D eigenvalue weighted by Gasteiger charge is 2.12. The number of carbonyl (C=O) groups excluding carboxylic acids is 1. The van der Waals surface area contributed by atoms with Gasteiger partial charge in [0.2, 0.25) is 0 Å². The van der Waals surface area contributed by atoms with Crippen molar-refractivity contribution in [2.75, 3.05) is 0 Å². The van der Waals surface area contributed by atoms with Gasteiger partial charge in [-0.25, -0.2) is 4.39 Å². The standard InChI is InChI=1S/C21H15FN2O2/c22-19-8-4-2-6-15(19)13-26-20-10-9-14-5-1-3-7-17(14)18(20)11-16(12-23)21(24)25/h1-11H,13H2,(H2,24,25)/b16-11+. The van der Waals surface area contributed by atoms with Crippen LogP contribution in [0.15, 0.2) is 66.2 Å². The summed E-state index contributed by atoms with van der Waals surface area (Å²) in [5.74, 6) is -0.748. The van der Waals surface area contributed by atoms with Gasteiger partial charge in [0, 0.05) is 11.1 Å². The molecule has 3 rings (SSSR count). The van der Waals surface area contributed by atoms with Gasteiger partial charge >= 0.3 is 0 Å². The topological polar surface area (TPSA) is 76.1 Å². The first-order valence-electron chi connectivity index (χ1n) is 7.89. The van der Waals surface area contributed by atoms with Crippen molar-refractivity contribution in [3.63, 3.8) is 0 Å². The summed E-state index contributed by atoms with van der Waals surface area (Å²) >= 11 is 0. The zero-order valence-corrected chi connectivity index (χ0v) is 13.8. The molecule has 0 aliphatic heterocycles. The van der Waals surface area contributed by atoms with E-state index in [1.807, 2.05) is 30.3 Å². The molecular formula is C21H15FN2O2. The van der Waals surface area contributed by atoms with Gasteiger partial charge in [-0.3, -0.25) is 4.79 Å². The van der Waals surface area contributed by atoms with Crippen LogP contribution in [0.5, 0.6) is 5.75 Å². The second-order valence-electron chi connectivity index (χ2n) is 5.61. The lowest BCUT2D eigenvalue weighted by atomic mass is 10.0. The van der Waals surface area contributed by atoms with E-state index in [0.717, 1.165) is 10.8 Å². The van der Waals surface area contributed by atoms with Crippen LogP contribution in [-0.4, -0.2) is 5.91 Å². The Morgan fingerprint density at radius 1 is 1.12 bits per heavy atom. The van der Waals surface area contributed by atoms with E-state index in [9.17, 15) is 9.18 Å². The van der Waals surface area contributed by atoms with Crippen molar-refractivity contribution in [3.8, 4) is 11.8 Å².